The van der Waals surface area contributed by atoms with Gasteiger partial charge in [-0.15, -0.1) is 11.3 Å². The molecule has 0 spiro atoms. The van der Waals surface area contributed by atoms with Gasteiger partial charge in [0.05, 0.1) is 23.8 Å². The zero-order valence-electron chi connectivity index (χ0n) is 18.2. The Kier molecular flexibility index (Phi) is 8.10. The summed E-state index contributed by atoms with van der Waals surface area (Å²) in [6.07, 6.45) is 4.59. The van der Waals surface area contributed by atoms with Gasteiger partial charge in [-0.1, -0.05) is 45.0 Å². The minimum Gasteiger partial charge on any atom is -0.477 e. The van der Waals surface area contributed by atoms with Gasteiger partial charge in [0, 0.05) is 24.9 Å². The van der Waals surface area contributed by atoms with Crippen molar-refractivity contribution in [1.29, 1.82) is 0 Å². The van der Waals surface area contributed by atoms with Crippen LogP contribution in [0, 0.1) is 23.7 Å². The third-order valence-electron chi connectivity index (χ3n) is 5.56. The van der Waals surface area contributed by atoms with Crippen LogP contribution in [0.25, 0.3) is 0 Å². The first-order valence-corrected chi connectivity index (χ1v) is 11.7. The lowest BCUT2D eigenvalue weighted by molar-refractivity contribution is -0.135. The largest absolute Gasteiger partial charge is 0.477 e. The second-order valence-electron chi connectivity index (χ2n) is 8.31. The number of anilines is 1. The van der Waals surface area contributed by atoms with Crippen molar-refractivity contribution >= 4 is 34.8 Å². The molecular formula is C23H30N2O5S. The molecular weight excluding hydrogens is 416 g/mol. The van der Waals surface area contributed by atoms with Crippen molar-refractivity contribution in [3.8, 4) is 11.8 Å². The third kappa shape index (κ3) is 6.08. The fourth-order valence-electron chi connectivity index (χ4n) is 3.91. The molecule has 0 unspecified atom stereocenters. The van der Waals surface area contributed by atoms with Gasteiger partial charge in [0.25, 0.3) is 0 Å². The Hall–Kier alpha value is -2.37. The molecule has 1 aliphatic carbocycles. The number of carboxylic acids is 1. The predicted octanol–water partition coefficient (Wildman–Crippen LogP) is 3.23. The van der Waals surface area contributed by atoms with Gasteiger partial charge in [-0.25, -0.2) is 4.79 Å². The summed E-state index contributed by atoms with van der Waals surface area (Å²) in [5.74, 6) is 4.54. The summed E-state index contributed by atoms with van der Waals surface area (Å²) >= 11 is 1.05. The molecule has 2 fully saturated rings. The lowest BCUT2D eigenvalue weighted by Crippen LogP contribution is -2.48. The van der Waals surface area contributed by atoms with Crippen LogP contribution in [-0.2, 0) is 14.3 Å². The number of ether oxygens (including phenoxy) is 1. The first kappa shape index (κ1) is 23.3. The van der Waals surface area contributed by atoms with E-state index >= 15 is 0 Å². The minimum atomic E-state index is -1.11. The summed E-state index contributed by atoms with van der Waals surface area (Å²) < 4.78 is 5.32. The highest BCUT2D eigenvalue weighted by Gasteiger charge is 2.33. The van der Waals surface area contributed by atoms with Crippen LogP contribution in [0.3, 0.4) is 0 Å². The van der Waals surface area contributed by atoms with Gasteiger partial charge in [-0.3, -0.25) is 9.59 Å². The van der Waals surface area contributed by atoms with E-state index < -0.39 is 5.97 Å². The van der Waals surface area contributed by atoms with E-state index in [9.17, 15) is 19.5 Å². The van der Waals surface area contributed by atoms with Crippen molar-refractivity contribution in [2.45, 2.75) is 46.0 Å². The van der Waals surface area contributed by atoms with E-state index in [1.807, 2.05) is 13.8 Å². The number of carboxylic acid groups (broad SMARTS) is 1. The van der Waals surface area contributed by atoms with Gasteiger partial charge in [0.2, 0.25) is 11.8 Å². The summed E-state index contributed by atoms with van der Waals surface area (Å²) in [4.78, 5) is 42.1. The molecule has 2 amide bonds. The van der Waals surface area contributed by atoms with Crippen molar-refractivity contribution in [3.05, 3.63) is 15.8 Å². The summed E-state index contributed by atoms with van der Waals surface area (Å²) in [6.45, 7) is 5.64. The molecule has 1 aromatic rings. The molecule has 168 valence electrons. The van der Waals surface area contributed by atoms with Gasteiger partial charge >= 0.3 is 5.97 Å². The summed E-state index contributed by atoms with van der Waals surface area (Å²) in [6, 6.07) is 1.65. The fourth-order valence-corrected chi connectivity index (χ4v) is 4.77. The Labute approximate surface area is 187 Å². The average Bonchev–Trinajstić information content (AvgIpc) is 3.21. The number of morpholine rings is 1. The SMILES string of the molecule is CC(C)C#Cc1cc(N(CC(=O)N2CCOCC2)C(=O)C2CCCCC2)c(C(=O)O)s1. The smallest absolute Gasteiger partial charge is 0.348 e. The van der Waals surface area contributed by atoms with Crippen molar-refractivity contribution in [3.63, 3.8) is 0 Å². The summed E-state index contributed by atoms with van der Waals surface area (Å²) in [7, 11) is 0. The number of rotatable bonds is 5. The first-order chi connectivity index (χ1) is 14.9. The van der Waals surface area contributed by atoms with Gasteiger partial charge < -0.3 is 19.6 Å². The van der Waals surface area contributed by atoms with Crippen LogP contribution in [0.2, 0.25) is 0 Å². The van der Waals surface area contributed by atoms with Crippen LogP contribution in [0.5, 0.6) is 0 Å². The number of thiophene rings is 1. The number of aromatic carboxylic acids is 1. The lowest BCUT2D eigenvalue weighted by Gasteiger charge is -2.32. The van der Waals surface area contributed by atoms with Crippen LogP contribution >= 0.6 is 11.3 Å². The number of carbonyl (C=O) groups is 3. The number of carbonyl (C=O) groups excluding carboxylic acids is 2. The molecule has 1 aromatic heterocycles. The average molecular weight is 447 g/mol. The van der Waals surface area contributed by atoms with Crippen LogP contribution in [-0.4, -0.2) is 60.6 Å². The van der Waals surface area contributed by atoms with Crippen LogP contribution in [0.15, 0.2) is 6.07 Å². The van der Waals surface area contributed by atoms with Gasteiger partial charge in [0.15, 0.2) is 0 Å². The Morgan fingerprint density at radius 3 is 2.52 bits per heavy atom. The van der Waals surface area contributed by atoms with Crippen molar-refractivity contribution < 1.29 is 24.2 Å². The molecule has 1 saturated carbocycles. The van der Waals surface area contributed by atoms with E-state index in [1.165, 1.54) is 4.90 Å². The fraction of sp³-hybridized carbons (Fsp3) is 0.609. The molecule has 7 nitrogen and oxygen atoms in total. The highest BCUT2D eigenvalue weighted by Crippen LogP contribution is 2.34. The zero-order valence-corrected chi connectivity index (χ0v) is 19.0. The minimum absolute atomic E-state index is 0.0481. The maximum atomic E-state index is 13.5. The molecule has 8 heteroatoms. The summed E-state index contributed by atoms with van der Waals surface area (Å²) in [5, 5.41) is 9.79. The molecule has 1 aliphatic heterocycles. The Morgan fingerprint density at radius 2 is 1.90 bits per heavy atom. The second-order valence-corrected chi connectivity index (χ2v) is 9.36. The molecule has 2 aliphatic rings. The monoisotopic (exact) mass is 446 g/mol. The highest BCUT2D eigenvalue weighted by molar-refractivity contribution is 7.15. The Morgan fingerprint density at radius 1 is 1.23 bits per heavy atom. The molecule has 0 aromatic carbocycles. The molecule has 1 N–H and O–H groups in total. The van der Waals surface area contributed by atoms with Gasteiger partial charge in [0.1, 0.15) is 11.4 Å². The number of nitrogens with zero attached hydrogens (tertiary/aromatic N) is 2. The predicted molar refractivity (Wildman–Crippen MR) is 119 cm³/mol. The number of hydrogen-bond donors (Lipinski definition) is 1. The molecule has 0 radical (unpaired) electrons. The van der Waals surface area contributed by atoms with Gasteiger partial charge in [-0.2, -0.15) is 0 Å². The van der Waals surface area contributed by atoms with Crippen molar-refractivity contribution in [2.24, 2.45) is 11.8 Å². The topological polar surface area (TPSA) is 87.2 Å². The normalized spacial score (nSPS) is 17.2. The molecule has 3 rings (SSSR count). The van der Waals surface area contributed by atoms with E-state index in [2.05, 4.69) is 11.8 Å². The van der Waals surface area contributed by atoms with Crippen LogP contribution in [0.1, 0.15) is 60.5 Å². The van der Waals surface area contributed by atoms with E-state index in [1.54, 1.807) is 11.0 Å². The Bertz CT molecular complexity index is 870. The third-order valence-corrected chi connectivity index (χ3v) is 6.59. The molecule has 31 heavy (non-hydrogen) atoms. The van der Waals surface area contributed by atoms with Gasteiger partial charge in [-0.05, 0) is 18.9 Å². The zero-order chi connectivity index (χ0) is 22.4. The quantitative estimate of drug-likeness (QED) is 0.702. The molecule has 1 saturated heterocycles. The first-order valence-electron chi connectivity index (χ1n) is 10.9. The molecule has 2 heterocycles. The Balaban J connectivity index is 1.94. The van der Waals surface area contributed by atoms with E-state index in [4.69, 9.17) is 4.74 Å². The van der Waals surface area contributed by atoms with Crippen LogP contribution in [0.4, 0.5) is 5.69 Å². The van der Waals surface area contributed by atoms with Crippen molar-refractivity contribution in [2.75, 3.05) is 37.7 Å². The second kappa shape index (κ2) is 10.8. The van der Waals surface area contributed by atoms with E-state index in [0.29, 0.717) is 31.2 Å². The molecule has 0 atom stereocenters. The van der Waals surface area contributed by atoms with E-state index in [0.717, 1.165) is 43.4 Å². The number of amides is 2. The summed E-state index contributed by atoms with van der Waals surface area (Å²) in [5.41, 5.74) is 0.280. The van der Waals surface area contributed by atoms with E-state index in [-0.39, 0.29) is 40.8 Å². The molecule has 0 bridgehead atoms. The van der Waals surface area contributed by atoms with Crippen LogP contribution < -0.4 is 4.90 Å². The van der Waals surface area contributed by atoms with Crippen molar-refractivity contribution in [1.82, 2.24) is 4.90 Å². The maximum absolute atomic E-state index is 13.5. The lowest BCUT2D eigenvalue weighted by atomic mass is 9.88. The standard InChI is InChI=1S/C23H30N2O5S/c1-16(2)8-9-18-14-19(21(31-18)23(28)29)25(22(27)17-6-4-3-5-7-17)15-20(26)24-10-12-30-13-11-24/h14,16-17H,3-7,10-13,15H2,1-2H3,(H,28,29). The number of hydrogen-bond acceptors (Lipinski definition) is 5. The maximum Gasteiger partial charge on any atom is 0.348 e. The highest BCUT2D eigenvalue weighted by atomic mass is 32.1.